The van der Waals surface area contributed by atoms with Gasteiger partial charge in [-0.05, 0) is 51.0 Å². The Hall–Kier alpha value is -1.78. The number of aryl methyl sites for hydroxylation is 1. The Morgan fingerprint density at radius 3 is 2.25 bits per heavy atom. The summed E-state index contributed by atoms with van der Waals surface area (Å²) in [6, 6.07) is 3.70. The Balaban J connectivity index is 2.85. The van der Waals surface area contributed by atoms with E-state index in [2.05, 4.69) is 0 Å². The summed E-state index contributed by atoms with van der Waals surface area (Å²) in [6.07, 6.45) is -1.73. The molecule has 0 atom stereocenters. The van der Waals surface area contributed by atoms with Crippen LogP contribution in [-0.4, -0.2) is 11.6 Å². The van der Waals surface area contributed by atoms with E-state index in [0.29, 0.717) is 5.56 Å². The molecule has 0 unspecified atom stereocenters. The van der Waals surface area contributed by atoms with E-state index in [1.807, 2.05) is 0 Å². The lowest BCUT2D eigenvalue weighted by Crippen LogP contribution is -2.22. The van der Waals surface area contributed by atoms with Crippen molar-refractivity contribution in [3.05, 3.63) is 41.0 Å². The van der Waals surface area contributed by atoms with Crippen LogP contribution in [0, 0.1) is 6.92 Å². The first kappa shape index (κ1) is 16.3. The first-order valence-electron chi connectivity index (χ1n) is 6.08. The van der Waals surface area contributed by atoms with Gasteiger partial charge in [-0.1, -0.05) is 12.1 Å². The molecule has 1 aromatic rings. The molecule has 0 aliphatic heterocycles. The van der Waals surface area contributed by atoms with Crippen LogP contribution < -0.4 is 0 Å². The maximum Gasteiger partial charge on any atom is 0.416 e. The molecule has 0 aromatic heterocycles. The van der Waals surface area contributed by atoms with Crippen LogP contribution >= 0.6 is 0 Å². The van der Waals surface area contributed by atoms with Gasteiger partial charge in [0, 0.05) is 6.08 Å². The quantitative estimate of drug-likeness (QED) is 0.596. The lowest BCUT2D eigenvalue weighted by Gasteiger charge is -2.17. The fourth-order valence-electron chi connectivity index (χ4n) is 1.61. The molecule has 0 bridgehead atoms. The molecule has 20 heavy (non-hydrogen) atoms. The van der Waals surface area contributed by atoms with Gasteiger partial charge in [0.25, 0.3) is 0 Å². The predicted molar refractivity (Wildman–Crippen MR) is 71.1 cm³/mol. The van der Waals surface area contributed by atoms with Crippen LogP contribution in [0.15, 0.2) is 24.3 Å². The molecular formula is C15H17F3O2. The fraction of sp³-hybridized carbons (Fsp3) is 0.400. The van der Waals surface area contributed by atoms with Gasteiger partial charge in [-0.3, -0.25) is 0 Å². The van der Waals surface area contributed by atoms with E-state index in [-0.39, 0.29) is 5.56 Å². The molecule has 1 aromatic carbocycles. The second-order valence-electron chi connectivity index (χ2n) is 5.44. The van der Waals surface area contributed by atoms with Crippen LogP contribution in [0.4, 0.5) is 13.2 Å². The van der Waals surface area contributed by atoms with Crippen LogP contribution in [0.25, 0.3) is 6.08 Å². The van der Waals surface area contributed by atoms with Crippen molar-refractivity contribution in [1.29, 1.82) is 0 Å². The van der Waals surface area contributed by atoms with Crippen molar-refractivity contribution in [2.45, 2.75) is 39.5 Å². The molecule has 1 rings (SSSR count). The molecule has 2 nitrogen and oxygen atoms in total. The molecule has 0 radical (unpaired) electrons. The third-order valence-electron chi connectivity index (χ3n) is 2.37. The minimum Gasteiger partial charge on any atom is -0.457 e. The summed E-state index contributed by atoms with van der Waals surface area (Å²) in [6.45, 7) is 6.59. The fourth-order valence-corrected chi connectivity index (χ4v) is 1.61. The average molecular weight is 286 g/mol. The summed E-state index contributed by atoms with van der Waals surface area (Å²) >= 11 is 0. The largest absolute Gasteiger partial charge is 0.457 e. The maximum absolute atomic E-state index is 12.6. The number of halogens is 3. The van der Waals surface area contributed by atoms with Gasteiger partial charge < -0.3 is 4.74 Å². The summed E-state index contributed by atoms with van der Waals surface area (Å²) in [5.41, 5.74) is -0.644. The Labute approximate surface area is 116 Å². The van der Waals surface area contributed by atoms with Gasteiger partial charge in [0.2, 0.25) is 0 Å². The molecular weight excluding hydrogens is 269 g/mol. The van der Waals surface area contributed by atoms with Gasteiger partial charge in [0.15, 0.2) is 0 Å². The number of alkyl halides is 3. The number of carbonyl (C=O) groups excluding carboxylic acids is 1. The monoisotopic (exact) mass is 286 g/mol. The van der Waals surface area contributed by atoms with Crippen LogP contribution in [-0.2, 0) is 15.7 Å². The number of hydrogen-bond acceptors (Lipinski definition) is 2. The molecule has 0 heterocycles. The topological polar surface area (TPSA) is 26.3 Å². The highest BCUT2D eigenvalue weighted by molar-refractivity contribution is 5.87. The molecule has 0 spiro atoms. The highest BCUT2D eigenvalue weighted by atomic mass is 19.4. The normalized spacial score (nSPS) is 12.8. The van der Waals surface area contributed by atoms with Crippen LogP contribution in [0.5, 0.6) is 0 Å². The SMILES string of the molecule is Cc1cc(/C=C/C(=O)OC(C)(C)C)ccc1C(F)(F)F. The maximum atomic E-state index is 12.6. The summed E-state index contributed by atoms with van der Waals surface area (Å²) in [7, 11) is 0. The van der Waals surface area contributed by atoms with Gasteiger partial charge in [-0.2, -0.15) is 13.2 Å². The number of carbonyl (C=O) groups is 1. The number of esters is 1. The van der Waals surface area contributed by atoms with Crippen molar-refractivity contribution in [2.75, 3.05) is 0 Å². The van der Waals surface area contributed by atoms with Crippen LogP contribution in [0.1, 0.15) is 37.5 Å². The van der Waals surface area contributed by atoms with Crippen molar-refractivity contribution >= 4 is 12.0 Å². The molecule has 0 fully saturated rings. The molecule has 0 saturated heterocycles. The minimum absolute atomic E-state index is 0.115. The van der Waals surface area contributed by atoms with Gasteiger partial charge in [-0.25, -0.2) is 4.79 Å². The first-order valence-corrected chi connectivity index (χ1v) is 6.08. The summed E-state index contributed by atoms with van der Waals surface area (Å²) in [4.78, 5) is 11.5. The van der Waals surface area contributed by atoms with Gasteiger partial charge in [-0.15, -0.1) is 0 Å². The van der Waals surface area contributed by atoms with Crippen molar-refractivity contribution in [3.63, 3.8) is 0 Å². The van der Waals surface area contributed by atoms with Gasteiger partial charge >= 0.3 is 12.1 Å². The summed E-state index contributed by atoms with van der Waals surface area (Å²) < 4.78 is 42.8. The van der Waals surface area contributed by atoms with Gasteiger partial charge in [0.1, 0.15) is 5.60 Å². The molecule has 5 heteroatoms. The van der Waals surface area contributed by atoms with E-state index in [4.69, 9.17) is 4.74 Å². The highest BCUT2D eigenvalue weighted by Gasteiger charge is 2.31. The minimum atomic E-state index is -4.36. The van der Waals surface area contributed by atoms with E-state index in [1.54, 1.807) is 20.8 Å². The Bertz CT molecular complexity index is 523. The Kier molecular flexibility index (Phi) is 4.63. The van der Waals surface area contributed by atoms with E-state index in [1.165, 1.54) is 31.2 Å². The van der Waals surface area contributed by atoms with Crippen molar-refractivity contribution in [3.8, 4) is 0 Å². The van der Waals surface area contributed by atoms with E-state index >= 15 is 0 Å². The number of rotatable bonds is 2. The third-order valence-corrected chi connectivity index (χ3v) is 2.37. The summed E-state index contributed by atoms with van der Waals surface area (Å²) in [5.74, 6) is -0.532. The second kappa shape index (κ2) is 5.69. The Morgan fingerprint density at radius 1 is 1.20 bits per heavy atom. The van der Waals surface area contributed by atoms with Crippen molar-refractivity contribution in [1.82, 2.24) is 0 Å². The average Bonchev–Trinajstić information content (AvgIpc) is 2.22. The highest BCUT2D eigenvalue weighted by Crippen LogP contribution is 2.32. The smallest absolute Gasteiger partial charge is 0.416 e. The van der Waals surface area contributed by atoms with Crippen LogP contribution in [0.3, 0.4) is 0 Å². The van der Waals surface area contributed by atoms with Crippen molar-refractivity contribution < 1.29 is 22.7 Å². The zero-order valence-electron chi connectivity index (χ0n) is 11.8. The first-order chi connectivity index (χ1) is 8.99. The molecule has 110 valence electrons. The summed E-state index contributed by atoms with van der Waals surface area (Å²) in [5, 5.41) is 0. The van der Waals surface area contributed by atoms with E-state index in [0.717, 1.165) is 6.07 Å². The molecule has 0 N–H and O–H groups in total. The zero-order valence-corrected chi connectivity index (χ0v) is 11.8. The van der Waals surface area contributed by atoms with E-state index in [9.17, 15) is 18.0 Å². The standard InChI is InChI=1S/C15H17F3O2/c1-10-9-11(5-7-12(10)15(16,17)18)6-8-13(19)20-14(2,3)4/h5-9H,1-4H3/b8-6+. The van der Waals surface area contributed by atoms with Crippen LogP contribution in [0.2, 0.25) is 0 Å². The third kappa shape index (κ3) is 5.07. The Morgan fingerprint density at radius 2 is 1.80 bits per heavy atom. The zero-order chi connectivity index (χ0) is 15.6. The number of benzene rings is 1. The second-order valence-corrected chi connectivity index (χ2v) is 5.44. The lowest BCUT2D eigenvalue weighted by molar-refractivity contribution is -0.148. The van der Waals surface area contributed by atoms with Crippen molar-refractivity contribution in [2.24, 2.45) is 0 Å². The number of hydrogen-bond donors (Lipinski definition) is 0. The predicted octanol–water partition coefficient (Wildman–Crippen LogP) is 4.37. The number of ether oxygens (including phenoxy) is 1. The molecule has 0 aliphatic rings. The molecule has 0 aliphatic carbocycles. The molecule has 0 amide bonds. The van der Waals surface area contributed by atoms with E-state index < -0.39 is 23.3 Å². The molecule has 0 saturated carbocycles. The van der Waals surface area contributed by atoms with Gasteiger partial charge in [0.05, 0.1) is 5.56 Å². The lowest BCUT2D eigenvalue weighted by atomic mass is 10.0.